The van der Waals surface area contributed by atoms with Crippen molar-refractivity contribution in [3.63, 3.8) is 0 Å². The molecule has 0 spiro atoms. The average molecular weight is 232 g/mol. The Morgan fingerprint density at radius 3 is 2.50 bits per heavy atom. The predicted octanol–water partition coefficient (Wildman–Crippen LogP) is -1.64. The number of carbonyl (C=O) groups excluding carboxylic acids is 1. The number of amides is 1. The van der Waals surface area contributed by atoms with Crippen molar-refractivity contribution in [3.05, 3.63) is 0 Å². The predicted molar refractivity (Wildman–Crippen MR) is 59.5 cm³/mol. The van der Waals surface area contributed by atoms with Crippen LogP contribution in [-0.2, 0) is 9.59 Å². The summed E-state index contributed by atoms with van der Waals surface area (Å²) in [5, 5.41) is 8.53. The maximum atomic E-state index is 10.9. The second-order valence-electron chi connectivity index (χ2n) is 3.78. The monoisotopic (exact) mass is 232 g/mol. The van der Waals surface area contributed by atoms with Crippen molar-refractivity contribution in [1.82, 2.24) is 15.8 Å². The van der Waals surface area contributed by atoms with Crippen molar-refractivity contribution in [2.75, 3.05) is 27.2 Å². The van der Waals surface area contributed by atoms with Gasteiger partial charge in [0.2, 0.25) is 5.91 Å². The molecule has 0 radical (unpaired) electrons. The second-order valence-corrected chi connectivity index (χ2v) is 3.78. The van der Waals surface area contributed by atoms with E-state index in [9.17, 15) is 9.59 Å². The largest absolute Gasteiger partial charge is 0.481 e. The summed E-state index contributed by atoms with van der Waals surface area (Å²) in [4.78, 5) is 23.3. The van der Waals surface area contributed by atoms with Crippen molar-refractivity contribution < 1.29 is 14.7 Å². The van der Waals surface area contributed by atoms with Crippen LogP contribution in [0.2, 0.25) is 0 Å². The first kappa shape index (κ1) is 14.8. The zero-order chi connectivity index (χ0) is 12.6. The highest BCUT2D eigenvalue weighted by Gasteiger charge is 2.17. The topological polar surface area (TPSA) is 108 Å². The van der Waals surface area contributed by atoms with Gasteiger partial charge >= 0.3 is 5.97 Å². The molecule has 0 bridgehead atoms. The summed E-state index contributed by atoms with van der Waals surface area (Å²) in [6, 6.07) is -0.878. The minimum absolute atomic E-state index is 0.323. The summed E-state index contributed by atoms with van der Waals surface area (Å²) in [6.07, 6.45) is 0.564. The van der Waals surface area contributed by atoms with Gasteiger partial charge in [-0.1, -0.05) is 0 Å². The lowest BCUT2D eigenvalue weighted by Crippen LogP contribution is -2.49. The Morgan fingerprint density at radius 2 is 2.06 bits per heavy atom. The van der Waals surface area contributed by atoms with Crippen molar-refractivity contribution >= 4 is 11.9 Å². The van der Waals surface area contributed by atoms with Crippen molar-refractivity contribution in [2.24, 2.45) is 5.73 Å². The molecular weight excluding hydrogens is 212 g/mol. The summed E-state index contributed by atoms with van der Waals surface area (Å²) in [5.74, 6) is -1.74. The smallest absolute Gasteiger partial charge is 0.305 e. The average Bonchev–Trinajstić information content (AvgIpc) is 2.14. The first-order valence-electron chi connectivity index (χ1n) is 5.07. The Morgan fingerprint density at radius 1 is 1.44 bits per heavy atom. The van der Waals surface area contributed by atoms with Crippen molar-refractivity contribution in [3.8, 4) is 0 Å². The SMILES string of the molecule is CN(C)CCCNN[C@@H](CC(=O)O)C(N)=O. The number of hydrazine groups is 1. The van der Waals surface area contributed by atoms with Gasteiger partial charge in [-0.05, 0) is 27.1 Å². The number of carboxylic acid groups (broad SMARTS) is 1. The van der Waals surface area contributed by atoms with Gasteiger partial charge in [0.1, 0.15) is 6.04 Å². The molecule has 0 saturated carbocycles. The van der Waals surface area contributed by atoms with Gasteiger partial charge in [-0.3, -0.25) is 15.0 Å². The lowest BCUT2D eigenvalue weighted by Gasteiger charge is -2.15. The summed E-state index contributed by atoms with van der Waals surface area (Å²) in [5.41, 5.74) is 10.4. The van der Waals surface area contributed by atoms with Crippen LogP contribution >= 0.6 is 0 Å². The van der Waals surface area contributed by atoms with Gasteiger partial charge in [-0.25, -0.2) is 5.43 Å². The third-order valence-corrected chi connectivity index (χ3v) is 1.91. The minimum Gasteiger partial charge on any atom is -0.481 e. The number of hydrogen-bond donors (Lipinski definition) is 4. The van der Waals surface area contributed by atoms with E-state index < -0.39 is 17.9 Å². The maximum absolute atomic E-state index is 10.9. The number of nitrogens with zero attached hydrogens (tertiary/aromatic N) is 1. The van der Waals surface area contributed by atoms with Crippen LogP contribution in [-0.4, -0.2) is 55.1 Å². The van der Waals surface area contributed by atoms with Gasteiger partial charge < -0.3 is 15.7 Å². The Bertz CT molecular complexity index is 233. The van der Waals surface area contributed by atoms with Gasteiger partial charge in [0.15, 0.2) is 0 Å². The number of nitrogens with two attached hydrogens (primary N) is 1. The number of aliphatic carboxylic acids is 1. The lowest BCUT2D eigenvalue weighted by atomic mass is 10.2. The summed E-state index contributed by atoms with van der Waals surface area (Å²) >= 11 is 0. The van der Waals surface area contributed by atoms with Gasteiger partial charge in [0, 0.05) is 6.54 Å². The molecule has 94 valence electrons. The van der Waals surface area contributed by atoms with Crippen LogP contribution in [0, 0.1) is 0 Å². The maximum Gasteiger partial charge on any atom is 0.305 e. The first-order chi connectivity index (χ1) is 7.43. The van der Waals surface area contributed by atoms with E-state index in [2.05, 4.69) is 10.9 Å². The molecule has 0 rings (SSSR count). The van der Waals surface area contributed by atoms with Crippen molar-refractivity contribution in [1.29, 1.82) is 0 Å². The molecule has 0 unspecified atom stereocenters. The zero-order valence-corrected chi connectivity index (χ0v) is 9.69. The number of primary amides is 1. The Kier molecular flexibility index (Phi) is 7.44. The van der Waals surface area contributed by atoms with Crippen LogP contribution in [0.25, 0.3) is 0 Å². The number of nitrogens with one attached hydrogen (secondary N) is 2. The molecule has 0 heterocycles. The molecule has 0 aliphatic heterocycles. The third kappa shape index (κ3) is 8.16. The zero-order valence-electron chi connectivity index (χ0n) is 9.69. The summed E-state index contributed by atoms with van der Waals surface area (Å²) < 4.78 is 0. The Labute approximate surface area is 94.9 Å². The molecular formula is C9H20N4O3. The van der Waals surface area contributed by atoms with Crippen LogP contribution in [0.5, 0.6) is 0 Å². The molecule has 5 N–H and O–H groups in total. The minimum atomic E-state index is -1.06. The van der Waals surface area contributed by atoms with Gasteiger partial charge in [-0.2, -0.15) is 0 Å². The Balaban J connectivity index is 3.69. The van der Waals surface area contributed by atoms with Crippen LogP contribution < -0.4 is 16.6 Å². The highest BCUT2D eigenvalue weighted by molar-refractivity contribution is 5.84. The lowest BCUT2D eigenvalue weighted by molar-refractivity contribution is -0.139. The molecule has 16 heavy (non-hydrogen) atoms. The van der Waals surface area contributed by atoms with E-state index in [1.54, 1.807) is 0 Å². The van der Waals surface area contributed by atoms with Gasteiger partial charge in [0.05, 0.1) is 6.42 Å². The van der Waals surface area contributed by atoms with Crippen LogP contribution in [0.15, 0.2) is 0 Å². The highest BCUT2D eigenvalue weighted by atomic mass is 16.4. The molecule has 0 aromatic carbocycles. The second kappa shape index (κ2) is 8.03. The number of carbonyl (C=O) groups is 2. The van der Waals surface area contributed by atoms with E-state index in [0.717, 1.165) is 13.0 Å². The molecule has 7 heteroatoms. The molecule has 0 aliphatic carbocycles. The fourth-order valence-electron chi connectivity index (χ4n) is 1.08. The Hall–Kier alpha value is -1.18. The van der Waals surface area contributed by atoms with Crippen LogP contribution in [0.1, 0.15) is 12.8 Å². The summed E-state index contributed by atoms with van der Waals surface area (Å²) in [6.45, 7) is 1.55. The van der Waals surface area contributed by atoms with Gasteiger partial charge in [0.25, 0.3) is 0 Å². The van der Waals surface area contributed by atoms with Crippen molar-refractivity contribution in [2.45, 2.75) is 18.9 Å². The molecule has 0 aliphatic rings. The number of hydrogen-bond acceptors (Lipinski definition) is 5. The number of rotatable bonds is 9. The molecule has 1 atom stereocenters. The van der Waals surface area contributed by atoms with E-state index >= 15 is 0 Å². The van der Waals surface area contributed by atoms with Gasteiger partial charge in [-0.15, -0.1) is 0 Å². The van der Waals surface area contributed by atoms with E-state index in [1.807, 2.05) is 19.0 Å². The molecule has 0 aromatic rings. The van der Waals surface area contributed by atoms with E-state index in [0.29, 0.717) is 6.54 Å². The molecule has 1 amide bonds. The fraction of sp³-hybridized carbons (Fsp3) is 0.778. The van der Waals surface area contributed by atoms with Crippen LogP contribution in [0.3, 0.4) is 0 Å². The molecule has 0 aromatic heterocycles. The highest BCUT2D eigenvalue weighted by Crippen LogP contribution is 1.89. The normalized spacial score (nSPS) is 12.7. The third-order valence-electron chi connectivity index (χ3n) is 1.91. The molecule has 7 nitrogen and oxygen atoms in total. The van der Waals surface area contributed by atoms with E-state index in [4.69, 9.17) is 10.8 Å². The quantitative estimate of drug-likeness (QED) is 0.280. The first-order valence-corrected chi connectivity index (χ1v) is 5.07. The number of carboxylic acids is 1. The summed E-state index contributed by atoms with van der Waals surface area (Å²) in [7, 11) is 3.92. The fourth-order valence-corrected chi connectivity index (χ4v) is 1.08. The van der Waals surface area contributed by atoms with E-state index in [1.165, 1.54) is 0 Å². The standard InChI is InChI=1S/C9H20N4O3/c1-13(2)5-3-4-11-12-7(9(10)16)6-8(14)15/h7,11-12H,3-6H2,1-2H3,(H2,10,16)(H,14,15)/t7-/m0/s1. The molecule has 0 saturated heterocycles. The van der Waals surface area contributed by atoms with Crippen LogP contribution in [0.4, 0.5) is 0 Å². The molecule has 0 fully saturated rings. The van der Waals surface area contributed by atoms with E-state index in [-0.39, 0.29) is 6.42 Å².